The van der Waals surface area contributed by atoms with E-state index in [1.165, 1.54) is 10.8 Å². The first-order valence-corrected chi connectivity index (χ1v) is 11.1. The number of ether oxygens (including phenoxy) is 1. The first kappa shape index (κ1) is 19.0. The van der Waals surface area contributed by atoms with E-state index in [2.05, 4.69) is 30.2 Å². The van der Waals surface area contributed by atoms with Crippen molar-refractivity contribution in [3.8, 4) is 17.0 Å². The molecule has 180 valence electrons. The van der Waals surface area contributed by atoms with E-state index in [4.69, 9.17) is 8.85 Å². The Kier molecular flexibility index (Phi) is 4.73. The van der Waals surface area contributed by atoms with E-state index in [0.29, 0.717) is 64.8 Å². The molecule has 0 amide bonds. The fourth-order valence-electron chi connectivity index (χ4n) is 4.57. The number of anilines is 1. The molecule has 0 radical (unpaired) electrons. The molecule has 1 saturated carbocycles. The lowest BCUT2D eigenvalue weighted by molar-refractivity contribution is 0.0195. The van der Waals surface area contributed by atoms with E-state index in [-0.39, 0.29) is 17.9 Å². The van der Waals surface area contributed by atoms with E-state index in [1.807, 2.05) is 6.92 Å². The summed E-state index contributed by atoms with van der Waals surface area (Å²) >= 11 is 0. The molecule has 0 aliphatic heterocycles. The molecular weight excluding hydrogens is 444 g/mol. The largest absolute Gasteiger partial charge is 0.480 e. The molecule has 4 aromatic rings. The summed E-state index contributed by atoms with van der Waals surface area (Å²) in [5.41, 5.74) is 1.43. The fraction of sp³-hybridized carbons (Fsp3) is 0.478. The van der Waals surface area contributed by atoms with Gasteiger partial charge >= 0.3 is 0 Å². The first-order chi connectivity index (χ1) is 17.4. The van der Waals surface area contributed by atoms with Crippen LogP contribution in [0.3, 0.4) is 0 Å². The van der Waals surface area contributed by atoms with Crippen LogP contribution < -0.4 is 10.1 Å². The highest BCUT2D eigenvalue weighted by molar-refractivity contribution is 5.98. The van der Waals surface area contributed by atoms with E-state index < -0.39 is 25.6 Å². The van der Waals surface area contributed by atoms with Gasteiger partial charge in [0.15, 0.2) is 5.65 Å². The zero-order valence-corrected chi connectivity index (χ0v) is 18.8. The number of nitrogens with one attached hydrogen (secondary N) is 2. The third-order valence-electron chi connectivity index (χ3n) is 6.42. The zero-order valence-electron chi connectivity index (χ0n) is 21.8. The molecule has 3 N–H and O–H groups in total. The summed E-state index contributed by atoms with van der Waals surface area (Å²) < 4.78 is 55.9. The van der Waals surface area contributed by atoms with Crippen LogP contribution in [0.2, 0.25) is 0 Å². The van der Waals surface area contributed by atoms with Crippen LogP contribution >= 0.6 is 0 Å². The molecule has 0 aromatic carbocycles. The number of aromatic nitrogens is 6. The maximum absolute atomic E-state index is 13.2. The van der Waals surface area contributed by atoms with E-state index >= 15 is 0 Å². The molecule has 0 bridgehead atoms. The van der Waals surface area contributed by atoms with Gasteiger partial charge in [0, 0.05) is 29.6 Å². The van der Waals surface area contributed by atoms with Gasteiger partial charge in [-0.3, -0.25) is 0 Å². The summed E-state index contributed by atoms with van der Waals surface area (Å²) in [6.45, 7) is 2.92. The van der Waals surface area contributed by atoms with Gasteiger partial charge in [-0.1, -0.05) is 0 Å². The number of methoxy groups -OCH3 is 1. The van der Waals surface area contributed by atoms with Crippen LogP contribution in [0, 0.1) is 6.92 Å². The highest BCUT2D eigenvalue weighted by Gasteiger charge is 2.29. The van der Waals surface area contributed by atoms with Gasteiger partial charge in [0.2, 0.25) is 11.8 Å². The number of nitrogens with zero attached hydrogens (tertiary/aromatic N) is 5. The molecule has 11 heteroatoms. The van der Waals surface area contributed by atoms with Crippen LogP contribution in [0.15, 0.2) is 18.5 Å². The van der Waals surface area contributed by atoms with Crippen molar-refractivity contribution in [2.45, 2.75) is 64.1 Å². The molecule has 0 saturated heterocycles. The summed E-state index contributed by atoms with van der Waals surface area (Å²) in [4.78, 5) is 20.5. The standard InChI is InChI=1S/C23H27F2N7O2/c1-12-28-19-16(32(12)11-17(24)25)8-13(9-26-19)15-10-27-20-18(15)21(34-3)31-22(30-20)29-14-4-6-23(2,33)7-5-14/h8-10,14,17,33H,4-7,11H2,1-3H3,(H2,27,29,30,31)/i3D3. The average molecular weight is 475 g/mol. The van der Waals surface area contributed by atoms with Crippen LogP contribution in [-0.2, 0) is 6.54 Å². The predicted molar refractivity (Wildman–Crippen MR) is 124 cm³/mol. The summed E-state index contributed by atoms with van der Waals surface area (Å²) in [6.07, 6.45) is 3.24. The Morgan fingerprint density at radius 3 is 2.88 bits per heavy atom. The minimum absolute atomic E-state index is 0.0117. The van der Waals surface area contributed by atoms with Crippen molar-refractivity contribution in [2.75, 3.05) is 12.4 Å². The van der Waals surface area contributed by atoms with Crippen LogP contribution in [0.4, 0.5) is 14.7 Å². The van der Waals surface area contributed by atoms with Gasteiger partial charge in [-0.2, -0.15) is 9.97 Å². The maximum Gasteiger partial charge on any atom is 0.256 e. The van der Waals surface area contributed by atoms with Gasteiger partial charge in [0.1, 0.15) is 11.5 Å². The number of aliphatic hydroxyl groups is 1. The van der Waals surface area contributed by atoms with Crippen molar-refractivity contribution in [3.63, 3.8) is 0 Å². The highest BCUT2D eigenvalue weighted by Crippen LogP contribution is 2.36. The minimum atomic E-state index is -2.77. The first-order valence-electron chi connectivity index (χ1n) is 12.6. The topological polar surface area (TPSA) is 114 Å². The number of aromatic amines is 1. The van der Waals surface area contributed by atoms with Gasteiger partial charge in [-0.15, -0.1) is 0 Å². The molecule has 34 heavy (non-hydrogen) atoms. The molecule has 0 unspecified atom stereocenters. The average Bonchev–Trinajstić information content (AvgIpc) is 3.35. The summed E-state index contributed by atoms with van der Waals surface area (Å²) in [6, 6.07) is 1.68. The lowest BCUT2D eigenvalue weighted by atomic mass is 9.84. The number of H-pyrrole nitrogens is 1. The molecule has 0 atom stereocenters. The van der Waals surface area contributed by atoms with Crippen molar-refractivity contribution in [3.05, 3.63) is 24.3 Å². The molecule has 5 rings (SSSR count). The van der Waals surface area contributed by atoms with Gasteiger partial charge in [0.25, 0.3) is 6.43 Å². The molecule has 4 aromatic heterocycles. The van der Waals surface area contributed by atoms with E-state index in [0.717, 1.165) is 0 Å². The van der Waals surface area contributed by atoms with Crippen molar-refractivity contribution in [2.24, 2.45) is 0 Å². The molecule has 4 heterocycles. The number of aryl methyl sites for hydroxylation is 1. The number of halogens is 2. The van der Waals surface area contributed by atoms with Crippen molar-refractivity contribution >= 4 is 28.1 Å². The molecular formula is C23H27F2N7O2. The quantitative estimate of drug-likeness (QED) is 0.386. The number of rotatable bonds is 6. The second kappa shape index (κ2) is 8.46. The van der Waals surface area contributed by atoms with Crippen molar-refractivity contribution < 1.29 is 22.7 Å². The van der Waals surface area contributed by atoms with E-state index in [1.54, 1.807) is 19.2 Å². The monoisotopic (exact) mass is 474 g/mol. The third-order valence-corrected chi connectivity index (χ3v) is 6.42. The van der Waals surface area contributed by atoms with E-state index in [9.17, 15) is 13.9 Å². The number of alkyl halides is 2. The minimum Gasteiger partial charge on any atom is -0.480 e. The molecule has 1 aliphatic rings. The number of imidazole rings is 1. The number of pyridine rings is 1. The number of hydrogen-bond donors (Lipinski definition) is 3. The lowest BCUT2D eigenvalue weighted by Crippen LogP contribution is -2.36. The number of hydrogen-bond acceptors (Lipinski definition) is 7. The van der Waals surface area contributed by atoms with Gasteiger partial charge < -0.3 is 24.7 Å². The summed E-state index contributed by atoms with van der Waals surface area (Å²) in [5, 5.41) is 13.8. The fourth-order valence-corrected chi connectivity index (χ4v) is 4.57. The Bertz CT molecular complexity index is 1440. The van der Waals surface area contributed by atoms with Gasteiger partial charge in [-0.25, -0.2) is 18.7 Å². The Labute approximate surface area is 198 Å². The Morgan fingerprint density at radius 2 is 2.15 bits per heavy atom. The van der Waals surface area contributed by atoms with Crippen LogP contribution in [0.1, 0.15) is 42.5 Å². The van der Waals surface area contributed by atoms with Crippen LogP contribution in [0.25, 0.3) is 33.3 Å². The normalized spacial score (nSPS) is 22.6. The van der Waals surface area contributed by atoms with Crippen LogP contribution in [-0.4, -0.2) is 59.7 Å². The highest BCUT2D eigenvalue weighted by atomic mass is 19.3. The molecule has 1 aliphatic carbocycles. The molecule has 0 spiro atoms. The van der Waals surface area contributed by atoms with Gasteiger partial charge in [-0.05, 0) is 45.6 Å². The Hall–Kier alpha value is -3.34. The lowest BCUT2D eigenvalue weighted by Gasteiger charge is -2.33. The molecule has 9 nitrogen and oxygen atoms in total. The Morgan fingerprint density at radius 1 is 1.35 bits per heavy atom. The molecule has 1 fully saturated rings. The van der Waals surface area contributed by atoms with Crippen LogP contribution in [0.5, 0.6) is 5.88 Å². The maximum atomic E-state index is 13.2. The Balaban J connectivity index is 1.56. The predicted octanol–water partition coefficient (Wildman–Crippen LogP) is 4.06. The summed E-state index contributed by atoms with van der Waals surface area (Å²) in [7, 11) is -2.77. The second-order valence-corrected chi connectivity index (χ2v) is 9.02. The summed E-state index contributed by atoms with van der Waals surface area (Å²) in [5.74, 6) is 0.461. The second-order valence-electron chi connectivity index (χ2n) is 9.02. The van der Waals surface area contributed by atoms with Gasteiger partial charge in [0.05, 0.1) is 34.2 Å². The van der Waals surface area contributed by atoms with Crippen molar-refractivity contribution in [1.82, 2.24) is 29.5 Å². The SMILES string of the molecule is [2H]C([2H])([2H])Oc1nc(NC2CCC(C)(O)CC2)nc2[nH]cc(-c3cnc4nc(C)n(CC(F)F)c4c3)c12. The zero-order chi connectivity index (χ0) is 26.5. The van der Waals surface area contributed by atoms with Crippen molar-refractivity contribution in [1.29, 1.82) is 0 Å². The number of fused-ring (bicyclic) bond motifs is 2. The smallest absolute Gasteiger partial charge is 0.256 e. The third kappa shape index (κ3) is 4.15.